The van der Waals surface area contributed by atoms with E-state index in [2.05, 4.69) is 56.4 Å². The first-order chi connectivity index (χ1) is 9.93. The second kappa shape index (κ2) is 6.63. The van der Waals surface area contributed by atoms with Crippen LogP contribution in [0, 0.1) is 0 Å². The molecule has 0 aliphatic heterocycles. The molecule has 1 unspecified atom stereocenters. The molecule has 1 atom stereocenters. The van der Waals surface area contributed by atoms with Crippen LogP contribution in [-0.2, 0) is 7.05 Å². The highest BCUT2D eigenvalue weighted by Crippen LogP contribution is 2.32. The molecule has 0 spiro atoms. The van der Waals surface area contributed by atoms with E-state index in [0.717, 1.165) is 34.0 Å². The van der Waals surface area contributed by atoms with Crippen LogP contribution < -0.4 is 5.32 Å². The summed E-state index contributed by atoms with van der Waals surface area (Å²) in [5.74, 6) is 0.389. The van der Waals surface area contributed by atoms with E-state index in [1.165, 1.54) is 0 Å². The monoisotopic (exact) mass is 305 g/mol. The van der Waals surface area contributed by atoms with Crippen LogP contribution in [0.5, 0.6) is 0 Å². The number of hydrogen-bond donors (Lipinski definition) is 1. The number of aryl methyl sites for hydroxylation is 1. The maximum absolute atomic E-state index is 6.48. The van der Waals surface area contributed by atoms with Crippen LogP contribution in [0.1, 0.15) is 50.9 Å². The van der Waals surface area contributed by atoms with Gasteiger partial charge < -0.3 is 5.32 Å². The molecule has 1 heterocycles. The third kappa shape index (κ3) is 3.47. The third-order valence-electron chi connectivity index (χ3n) is 3.69. The van der Waals surface area contributed by atoms with Gasteiger partial charge in [0.2, 0.25) is 0 Å². The van der Waals surface area contributed by atoms with Crippen LogP contribution in [0.2, 0.25) is 5.02 Å². The Morgan fingerprint density at radius 1 is 1.29 bits per heavy atom. The molecule has 4 heteroatoms. The first-order valence-corrected chi connectivity index (χ1v) is 7.88. The predicted molar refractivity (Wildman–Crippen MR) is 89.8 cm³/mol. The fourth-order valence-corrected chi connectivity index (χ4v) is 2.96. The lowest BCUT2D eigenvalue weighted by Gasteiger charge is -2.15. The number of halogens is 1. The number of benzene rings is 1. The largest absolute Gasteiger partial charge is 0.310 e. The fraction of sp³-hybridized carbons (Fsp3) is 0.471. The number of rotatable bonds is 5. The van der Waals surface area contributed by atoms with Crippen molar-refractivity contribution in [2.75, 3.05) is 6.54 Å². The maximum atomic E-state index is 6.48. The molecule has 2 aromatic rings. The summed E-state index contributed by atoms with van der Waals surface area (Å²) < 4.78 is 1.87. The highest BCUT2D eigenvalue weighted by Gasteiger charge is 2.15. The lowest BCUT2D eigenvalue weighted by atomic mass is 9.98. The molecule has 0 aliphatic rings. The summed E-state index contributed by atoms with van der Waals surface area (Å²) >= 11 is 6.48. The molecule has 0 saturated carbocycles. The summed E-state index contributed by atoms with van der Waals surface area (Å²) in [6.07, 6.45) is 2.06. The Morgan fingerprint density at radius 3 is 2.57 bits per heavy atom. The van der Waals surface area contributed by atoms with Gasteiger partial charge in [0.15, 0.2) is 0 Å². The zero-order valence-electron chi connectivity index (χ0n) is 13.4. The van der Waals surface area contributed by atoms with Crippen LogP contribution in [0.4, 0.5) is 0 Å². The average molecular weight is 306 g/mol. The van der Waals surface area contributed by atoms with Gasteiger partial charge in [0.05, 0.1) is 5.69 Å². The molecule has 114 valence electrons. The van der Waals surface area contributed by atoms with Crippen LogP contribution >= 0.6 is 11.6 Å². The van der Waals surface area contributed by atoms with Crippen LogP contribution in [-0.4, -0.2) is 16.3 Å². The minimum atomic E-state index is 0.259. The van der Waals surface area contributed by atoms with Gasteiger partial charge in [0.1, 0.15) is 0 Å². The van der Waals surface area contributed by atoms with Crippen molar-refractivity contribution in [3.05, 3.63) is 40.7 Å². The van der Waals surface area contributed by atoms with Gasteiger partial charge in [-0.3, -0.25) is 4.68 Å². The van der Waals surface area contributed by atoms with E-state index >= 15 is 0 Å². The number of aromatic nitrogens is 2. The van der Waals surface area contributed by atoms with Crippen molar-refractivity contribution >= 4 is 11.6 Å². The second-order valence-corrected chi connectivity index (χ2v) is 6.18. The van der Waals surface area contributed by atoms with Crippen molar-refractivity contribution in [1.82, 2.24) is 15.1 Å². The van der Waals surface area contributed by atoms with Gasteiger partial charge >= 0.3 is 0 Å². The molecule has 0 amide bonds. The molecule has 0 radical (unpaired) electrons. The predicted octanol–water partition coefficient (Wildman–Crippen LogP) is 4.53. The Bertz CT molecular complexity index is 616. The molecule has 2 rings (SSSR count). The van der Waals surface area contributed by atoms with Crippen molar-refractivity contribution in [3.8, 4) is 11.1 Å². The van der Waals surface area contributed by atoms with Crippen molar-refractivity contribution in [1.29, 1.82) is 0 Å². The van der Waals surface area contributed by atoms with Crippen LogP contribution in [0.25, 0.3) is 11.1 Å². The number of nitrogens with zero attached hydrogens (tertiary/aromatic N) is 2. The lowest BCUT2D eigenvalue weighted by molar-refractivity contribution is 0.598. The molecule has 21 heavy (non-hydrogen) atoms. The molecule has 1 aromatic carbocycles. The van der Waals surface area contributed by atoms with Crippen molar-refractivity contribution in [3.63, 3.8) is 0 Å². The van der Waals surface area contributed by atoms with Crippen molar-refractivity contribution in [2.45, 2.75) is 39.7 Å². The van der Waals surface area contributed by atoms with Gasteiger partial charge in [-0.2, -0.15) is 5.10 Å². The van der Waals surface area contributed by atoms with E-state index in [1.54, 1.807) is 0 Å². The molecular weight excluding hydrogens is 282 g/mol. The van der Waals surface area contributed by atoms with E-state index in [4.69, 9.17) is 11.6 Å². The van der Waals surface area contributed by atoms with E-state index < -0.39 is 0 Å². The Hall–Kier alpha value is -1.32. The van der Waals surface area contributed by atoms with Gasteiger partial charge in [-0.15, -0.1) is 0 Å². The van der Waals surface area contributed by atoms with Crippen molar-refractivity contribution in [2.24, 2.45) is 7.05 Å². The number of nitrogens with one attached hydrogen (secondary N) is 1. The third-order valence-corrected chi connectivity index (χ3v) is 4.02. The minimum absolute atomic E-state index is 0.259. The Labute approximate surface area is 132 Å². The van der Waals surface area contributed by atoms with Gasteiger partial charge in [-0.25, -0.2) is 0 Å². The number of hydrogen-bond acceptors (Lipinski definition) is 2. The second-order valence-electron chi connectivity index (χ2n) is 5.77. The van der Waals surface area contributed by atoms with E-state index in [0.29, 0.717) is 5.92 Å². The summed E-state index contributed by atoms with van der Waals surface area (Å²) in [4.78, 5) is 0. The van der Waals surface area contributed by atoms with Crippen molar-refractivity contribution < 1.29 is 0 Å². The molecule has 0 fully saturated rings. The average Bonchev–Trinajstić information content (AvgIpc) is 2.81. The molecule has 0 aliphatic carbocycles. The molecule has 3 nitrogen and oxygen atoms in total. The summed E-state index contributed by atoms with van der Waals surface area (Å²) in [6.45, 7) is 9.49. The quantitative estimate of drug-likeness (QED) is 0.879. The minimum Gasteiger partial charge on any atom is -0.310 e. The van der Waals surface area contributed by atoms with Gasteiger partial charge in [-0.1, -0.05) is 44.5 Å². The topological polar surface area (TPSA) is 29.9 Å². The summed E-state index contributed by atoms with van der Waals surface area (Å²) in [6, 6.07) is 6.56. The summed E-state index contributed by atoms with van der Waals surface area (Å²) in [5, 5.41) is 8.76. The highest BCUT2D eigenvalue weighted by atomic mass is 35.5. The SMILES string of the molecule is CCNC(C)c1ccc(-c2cn(C)nc2C(C)C)cc1Cl. The van der Waals surface area contributed by atoms with Gasteiger partial charge in [0.25, 0.3) is 0 Å². The maximum Gasteiger partial charge on any atom is 0.0728 e. The van der Waals surface area contributed by atoms with E-state index in [9.17, 15) is 0 Å². The normalized spacial score (nSPS) is 12.9. The van der Waals surface area contributed by atoms with Gasteiger partial charge in [-0.05, 0) is 36.6 Å². The Balaban J connectivity index is 2.41. The Morgan fingerprint density at radius 2 is 2.00 bits per heavy atom. The van der Waals surface area contributed by atoms with Crippen LogP contribution in [0.15, 0.2) is 24.4 Å². The first kappa shape index (κ1) is 16.1. The molecule has 1 aromatic heterocycles. The summed E-state index contributed by atoms with van der Waals surface area (Å²) in [7, 11) is 1.96. The van der Waals surface area contributed by atoms with E-state index in [-0.39, 0.29) is 6.04 Å². The van der Waals surface area contributed by atoms with Crippen LogP contribution in [0.3, 0.4) is 0 Å². The Kier molecular flexibility index (Phi) is 5.07. The molecule has 0 bridgehead atoms. The highest BCUT2D eigenvalue weighted by molar-refractivity contribution is 6.31. The van der Waals surface area contributed by atoms with E-state index in [1.807, 2.05) is 17.8 Å². The molecule has 0 saturated heterocycles. The smallest absolute Gasteiger partial charge is 0.0728 e. The first-order valence-electron chi connectivity index (χ1n) is 7.50. The standard InChI is InChI=1S/C17H24ClN3/c1-6-19-12(4)14-8-7-13(9-16(14)18)15-10-21(5)20-17(15)11(2)3/h7-12,19H,6H2,1-5H3. The molecule has 1 N–H and O–H groups in total. The zero-order valence-corrected chi connectivity index (χ0v) is 14.2. The lowest BCUT2D eigenvalue weighted by Crippen LogP contribution is -2.17. The fourth-order valence-electron chi connectivity index (χ4n) is 2.62. The summed E-state index contributed by atoms with van der Waals surface area (Å²) in [5.41, 5.74) is 4.54. The molecular formula is C17H24ClN3. The zero-order chi connectivity index (χ0) is 15.6. The van der Waals surface area contributed by atoms with Gasteiger partial charge in [0, 0.05) is 29.9 Å².